The van der Waals surface area contributed by atoms with Gasteiger partial charge in [-0.05, 0) is 33.2 Å². The molecule has 1 aliphatic heterocycles. The molecule has 1 amide bonds. The standard InChI is InChI=1S/C13H24N2O3/c1-5-18-13(17)11-7-6-8-15(9-11)10(2)12(16)14(3)4/h10-11H,5-9H2,1-4H3. The highest BCUT2D eigenvalue weighted by Gasteiger charge is 2.31. The van der Waals surface area contributed by atoms with Crippen molar-refractivity contribution in [2.24, 2.45) is 5.92 Å². The van der Waals surface area contributed by atoms with Gasteiger partial charge in [-0.15, -0.1) is 0 Å². The molecule has 1 saturated heterocycles. The first kappa shape index (κ1) is 15.0. The lowest BCUT2D eigenvalue weighted by Crippen LogP contribution is -2.50. The van der Waals surface area contributed by atoms with Crippen LogP contribution < -0.4 is 0 Å². The normalized spacial score (nSPS) is 22.3. The molecule has 0 aromatic rings. The molecule has 0 spiro atoms. The first-order chi connectivity index (χ1) is 8.47. The summed E-state index contributed by atoms with van der Waals surface area (Å²) in [7, 11) is 3.51. The Morgan fingerprint density at radius 2 is 2.11 bits per heavy atom. The van der Waals surface area contributed by atoms with Gasteiger partial charge in [0.15, 0.2) is 0 Å². The zero-order valence-corrected chi connectivity index (χ0v) is 11.8. The second kappa shape index (κ2) is 6.73. The zero-order chi connectivity index (χ0) is 13.7. The van der Waals surface area contributed by atoms with Crippen LogP contribution in [0, 0.1) is 5.92 Å². The molecular weight excluding hydrogens is 232 g/mol. The summed E-state index contributed by atoms with van der Waals surface area (Å²) in [5.41, 5.74) is 0. The lowest BCUT2D eigenvalue weighted by atomic mass is 9.97. The summed E-state index contributed by atoms with van der Waals surface area (Å²) in [5.74, 6) is -0.137. The Bertz CT molecular complexity index is 305. The van der Waals surface area contributed by atoms with E-state index < -0.39 is 0 Å². The summed E-state index contributed by atoms with van der Waals surface area (Å²) in [6.45, 7) is 5.63. The van der Waals surface area contributed by atoms with Crippen molar-refractivity contribution in [3.05, 3.63) is 0 Å². The molecule has 0 N–H and O–H groups in total. The average Bonchev–Trinajstić information content (AvgIpc) is 2.37. The minimum atomic E-state index is -0.169. The molecule has 1 heterocycles. The number of nitrogens with zero attached hydrogens (tertiary/aromatic N) is 2. The molecule has 0 bridgehead atoms. The Hall–Kier alpha value is -1.10. The second-order valence-electron chi connectivity index (χ2n) is 4.99. The van der Waals surface area contributed by atoms with Crippen molar-refractivity contribution in [2.75, 3.05) is 33.8 Å². The Balaban J connectivity index is 2.58. The number of ether oxygens (including phenoxy) is 1. The maximum absolute atomic E-state index is 11.9. The van der Waals surface area contributed by atoms with E-state index in [1.54, 1.807) is 19.0 Å². The van der Waals surface area contributed by atoms with E-state index in [9.17, 15) is 9.59 Å². The van der Waals surface area contributed by atoms with Gasteiger partial charge in [0.25, 0.3) is 0 Å². The van der Waals surface area contributed by atoms with Crippen molar-refractivity contribution in [1.82, 2.24) is 9.80 Å². The molecule has 0 saturated carbocycles. The van der Waals surface area contributed by atoms with Crippen molar-refractivity contribution >= 4 is 11.9 Å². The van der Waals surface area contributed by atoms with Gasteiger partial charge in [0.2, 0.25) is 5.91 Å². The van der Waals surface area contributed by atoms with Gasteiger partial charge in [-0.2, -0.15) is 0 Å². The summed E-state index contributed by atoms with van der Waals surface area (Å²) in [6, 6.07) is -0.169. The Morgan fingerprint density at radius 1 is 1.44 bits per heavy atom. The number of hydrogen-bond acceptors (Lipinski definition) is 4. The average molecular weight is 256 g/mol. The Kier molecular flexibility index (Phi) is 5.59. The van der Waals surface area contributed by atoms with Crippen LogP contribution in [0.2, 0.25) is 0 Å². The number of likely N-dealkylation sites (N-methyl/N-ethyl adjacent to an activating group) is 1. The van der Waals surface area contributed by atoms with E-state index in [2.05, 4.69) is 4.90 Å². The largest absolute Gasteiger partial charge is 0.466 e. The van der Waals surface area contributed by atoms with Gasteiger partial charge in [-0.3, -0.25) is 14.5 Å². The van der Waals surface area contributed by atoms with Gasteiger partial charge in [0, 0.05) is 20.6 Å². The molecule has 2 unspecified atom stereocenters. The summed E-state index contributed by atoms with van der Waals surface area (Å²) in [5, 5.41) is 0. The fourth-order valence-electron chi connectivity index (χ4n) is 2.34. The first-order valence-electron chi connectivity index (χ1n) is 6.59. The van der Waals surface area contributed by atoms with Crippen molar-refractivity contribution in [3.63, 3.8) is 0 Å². The SMILES string of the molecule is CCOC(=O)C1CCCN(C(C)C(=O)N(C)C)C1. The van der Waals surface area contributed by atoms with Gasteiger partial charge in [-0.1, -0.05) is 0 Å². The van der Waals surface area contributed by atoms with Crippen LogP contribution in [0.5, 0.6) is 0 Å². The molecular formula is C13H24N2O3. The fourth-order valence-corrected chi connectivity index (χ4v) is 2.34. The van der Waals surface area contributed by atoms with Crippen molar-refractivity contribution in [2.45, 2.75) is 32.7 Å². The highest BCUT2D eigenvalue weighted by molar-refractivity contribution is 5.81. The number of hydrogen-bond donors (Lipinski definition) is 0. The number of carbonyl (C=O) groups excluding carboxylic acids is 2. The molecule has 1 rings (SSSR count). The van der Waals surface area contributed by atoms with Crippen molar-refractivity contribution < 1.29 is 14.3 Å². The van der Waals surface area contributed by atoms with E-state index >= 15 is 0 Å². The third-order valence-corrected chi connectivity index (χ3v) is 3.42. The molecule has 1 fully saturated rings. The molecule has 0 aliphatic carbocycles. The lowest BCUT2D eigenvalue weighted by molar-refractivity contribution is -0.151. The van der Waals surface area contributed by atoms with Gasteiger partial charge in [-0.25, -0.2) is 0 Å². The second-order valence-corrected chi connectivity index (χ2v) is 4.99. The quantitative estimate of drug-likeness (QED) is 0.696. The van der Waals surface area contributed by atoms with Crippen LogP contribution >= 0.6 is 0 Å². The third-order valence-electron chi connectivity index (χ3n) is 3.42. The van der Waals surface area contributed by atoms with Crippen molar-refractivity contribution in [1.29, 1.82) is 0 Å². The fraction of sp³-hybridized carbons (Fsp3) is 0.846. The highest BCUT2D eigenvalue weighted by Crippen LogP contribution is 2.20. The van der Waals surface area contributed by atoms with Crippen LogP contribution in [0.25, 0.3) is 0 Å². The molecule has 0 aromatic heterocycles. The number of likely N-dealkylation sites (tertiary alicyclic amines) is 1. The molecule has 0 radical (unpaired) electrons. The van der Waals surface area contributed by atoms with Gasteiger partial charge < -0.3 is 9.64 Å². The minimum Gasteiger partial charge on any atom is -0.466 e. The predicted octanol–water partition coefficient (Wildman–Crippen LogP) is 0.738. The van der Waals surface area contributed by atoms with E-state index in [1.165, 1.54) is 0 Å². The summed E-state index contributed by atoms with van der Waals surface area (Å²) in [4.78, 5) is 27.3. The maximum Gasteiger partial charge on any atom is 0.310 e. The van der Waals surface area contributed by atoms with Crippen LogP contribution in [0.4, 0.5) is 0 Å². The summed E-state index contributed by atoms with van der Waals surface area (Å²) in [6.07, 6.45) is 1.80. The topological polar surface area (TPSA) is 49.9 Å². The minimum absolute atomic E-state index is 0.0829. The third kappa shape index (κ3) is 3.70. The van der Waals surface area contributed by atoms with Gasteiger partial charge in [0.1, 0.15) is 0 Å². The number of piperidine rings is 1. The van der Waals surface area contributed by atoms with E-state index in [0.717, 1.165) is 19.4 Å². The molecule has 5 heteroatoms. The predicted molar refractivity (Wildman–Crippen MR) is 69.1 cm³/mol. The molecule has 0 aromatic carbocycles. The van der Waals surface area contributed by atoms with E-state index in [1.807, 2.05) is 13.8 Å². The van der Waals surface area contributed by atoms with Crippen LogP contribution in [0.15, 0.2) is 0 Å². The van der Waals surface area contributed by atoms with E-state index in [-0.39, 0.29) is 23.8 Å². The van der Waals surface area contributed by atoms with Crippen LogP contribution in [0.3, 0.4) is 0 Å². The number of rotatable bonds is 4. The maximum atomic E-state index is 11.9. The van der Waals surface area contributed by atoms with Crippen LogP contribution in [-0.4, -0.2) is 61.5 Å². The summed E-state index contributed by atoms with van der Waals surface area (Å²) < 4.78 is 5.06. The van der Waals surface area contributed by atoms with Gasteiger partial charge in [0.05, 0.1) is 18.6 Å². The van der Waals surface area contributed by atoms with Crippen molar-refractivity contribution in [3.8, 4) is 0 Å². The Labute approximate surface area is 109 Å². The molecule has 1 aliphatic rings. The first-order valence-corrected chi connectivity index (χ1v) is 6.59. The van der Waals surface area contributed by atoms with E-state index in [4.69, 9.17) is 4.74 Å². The molecule has 2 atom stereocenters. The zero-order valence-electron chi connectivity index (χ0n) is 11.8. The van der Waals surface area contributed by atoms with Crippen LogP contribution in [-0.2, 0) is 14.3 Å². The molecule has 18 heavy (non-hydrogen) atoms. The van der Waals surface area contributed by atoms with Crippen LogP contribution in [0.1, 0.15) is 26.7 Å². The molecule has 104 valence electrons. The number of amides is 1. The smallest absolute Gasteiger partial charge is 0.310 e. The number of carbonyl (C=O) groups is 2. The monoisotopic (exact) mass is 256 g/mol. The Morgan fingerprint density at radius 3 is 2.67 bits per heavy atom. The lowest BCUT2D eigenvalue weighted by Gasteiger charge is -2.35. The molecule has 5 nitrogen and oxygen atoms in total. The number of esters is 1. The van der Waals surface area contributed by atoms with E-state index in [0.29, 0.717) is 13.2 Å². The highest BCUT2D eigenvalue weighted by atomic mass is 16.5. The summed E-state index contributed by atoms with van der Waals surface area (Å²) >= 11 is 0. The van der Waals surface area contributed by atoms with Gasteiger partial charge >= 0.3 is 5.97 Å².